The standard InChI is InChI=1S/C19H32N4O3/c1-2-26-13-12-21-8-3-9-23-17(15-21)14-16(20-23)4-5-19(25)22-10-6-18(24)7-11-22/h14,18,24H,2-13,15H2,1H3. The van der Waals surface area contributed by atoms with Gasteiger partial charge in [0.05, 0.1) is 24.1 Å². The molecule has 146 valence electrons. The molecule has 1 aromatic heterocycles. The number of amides is 1. The van der Waals surface area contributed by atoms with Gasteiger partial charge in [0.15, 0.2) is 0 Å². The summed E-state index contributed by atoms with van der Waals surface area (Å²) in [6, 6.07) is 2.16. The summed E-state index contributed by atoms with van der Waals surface area (Å²) in [4.78, 5) is 16.7. The second-order valence-corrected chi connectivity index (χ2v) is 7.29. The van der Waals surface area contributed by atoms with Crippen molar-refractivity contribution in [2.24, 2.45) is 0 Å². The van der Waals surface area contributed by atoms with Crippen LogP contribution in [-0.4, -0.2) is 76.1 Å². The highest BCUT2D eigenvalue weighted by atomic mass is 16.5. The number of hydrogen-bond acceptors (Lipinski definition) is 5. The number of hydrogen-bond donors (Lipinski definition) is 1. The summed E-state index contributed by atoms with van der Waals surface area (Å²) in [6.45, 7) is 8.78. The zero-order chi connectivity index (χ0) is 18.4. The van der Waals surface area contributed by atoms with Gasteiger partial charge in [-0.15, -0.1) is 0 Å². The minimum Gasteiger partial charge on any atom is -0.393 e. The first-order chi connectivity index (χ1) is 12.7. The topological polar surface area (TPSA) is 70.8 Å². The number of likely N-dealkylation sites (tertiary alicyclic amines) is 1. The number of aliphatic hydroxyl groups excluding tert-OH is 1. The molecule has 1 amide bonds. The van der Waals surface area contributed by atoms with Gasteiger partial charge in [-0.2, -0.15) is 5.10 Å². The average molecular weight is 364 g/mol. The molecule has 26 heavy (non-hydrogen) atoms. The molecule has 0 spiro atoms. The van der Waals surface area contributed by atoms with E-state index in [1.54, 1.807) is 0 Å². The van der Waals surface area contributed by atoms with Crippen LogP contribution < -0.4 is 0 Å². The molecule has 7 heteroatoms. The van der Waals surface area contributed by atoms with Crippen LogP contribution in [0.4, 0.5) is 0 Å². The van der Waals surface area contributed by atoms with Crippen molar-refractivity contribution in [2.45, 2.75) is 58.2 Å². The largest absolute Gasteiger partial charge is 0.393 e. The van der Waals surface area contributed by atoms with Crippen LogP contribution in [0.5, 0.6) is 0 Å². The number of fused-ring (bicyclic) bond motifs is 1. The molecule has 1 fully saturated rings. The molecule has 3 rings (SSSR count). The molecule has 2 aliphatic heterocycles. The Balaban J connectivity index is 1.50. The van der Waals surface area contributed by atoms with Crippen LogP contribution in [0.15, 0.2) is 6.07 Å². The molecule has 1 N–H and O–H groups in total. The van der Waals surface area contributed by atoms with Gasteiger partial charge < -0.3 is 14.7 Å². The van der Waals surface area contributed by atoms with Crippen molar-refractivity contribution in [2.75, 3.05) is 39.4 Å². The third-order valence-corrected chi connectivity index (χ3v) is 5.31. The van der Waals surface area contributed by atoms with E-state index in [0.717, 1.165) is 51.5 Å². The summed E-state index contributed by atoms with van der Waals surface area (Å²) in [6.07, 6.45) is 3.44. The van der Waals surface area contributed by atoms with Crippen LogP contribution in [0.1, 0.15) is 44.0 Å². The van der Waals surface area contributed by atoms with Gasteiger partial charge in [-0.25, -0.2) is 0 Å². The minimum atomic E-state index is -0.242. The van der Waals surface area contributed by atoms with E-state index < -0.39 is 0 Å². The van der Waals surface area contributed by atoms with E-state index in [0.29, 0.717) is 38.8 Å². The summed E-state index contributed by atoms with van der Waals surface area (Å²) < 4.78 is 7.59. The Hall–Kier alpha value is -1.44. The lowest BCUT2D eigenvalue weighted by Crippen LogP contribution is -2.40. The van der Waals surface area contributed by atoms with E-state index in [1.807, 2.05) is 11.8 Å². The molecule has 7 nitrogen and oxygen atoms in total. The molecule has 0 aromatic carbocycles. The molecule has 0 radical (unpaired) electrons. The Morgan fingerprint density at radius 1 is 1.31 bits per heavy atom. The van der Waals surface area contributed by atoms with Gasteiger partial charge in [-0.05, 0) is 32.3 Å². The van der Waals surface area contributed by atoms with Gasteiger partial charge >= 0.3 is 0 Å². The molecule has 1 saturated heterocycles. The third-order valence-electron chi connectivity index (χ3n) is 5.31. The van der Waals surface area contributed by atoms with Gasteiger partial charge in [-0.1, -0.05) is 0 Å². The van der Waals surface area contributed by atoms with E-state index in [4.69, 9.17) is 9.84 Å². The first kappa shape index (κ1) is 19.3. The van der Waals surface area contributed by atoms with Crippen LogP contribution in [0.2, 0.25) is 0 Å². The smallest absolute Gasteiger partial charge is 0.222 e. The highest BCUT2D eigenvalue weighted by Crippen LogP contribution is 2.16. The fourth-order valence-electron chi connectivity index (χ4n) is 3.75. The van der Waals surface area contributed by atoms with Gasteiger partial charge in [0, 0.05) is 58.7 Å². The molecule has 0 saturated carbocycles. The maximum absolute atomic E-state index is 12.4. The summed E-state index contributed by atoms with van der Waals surface area (Å²) >= 11 is 0. The lowest BCUT2D eigenvalue weighted by Gasteiger charge is -2.29. The second-order valence-electron chi connectivity index (χ2n) is 7.29. The monoisotopic (exact) mass is 364 g/mol. The molecule has 1 aromatic rings. The van der Waals surface area contributed by atoms with Gasteiger partial charge in [0.2, 0.25) is 5.91 Å². The normalized spacial score (nSPS) is 19.4. The Labute approximate surface area is 155 Å². The molecule has 2 aliphatic rings. The van der Waals surface area contributed by atoms with E-state index in [1.165, 1.54) is 5.69 Å². The molecule has 0 atom stereocenters. The SMILES string of the molecule is CCOCCN1CCCn2nc(CCC(=O)N3CCC(O)CC3)cc2C1. The maximum Gasteiger partial charge on any atom is 0.222 e. The molecular formula is C19H32N4O3. The maximum atomic E-state index is 12.4. The number of aryl methyl sites for hydroxylation is 2. The highest BCUT2D eigenvalue weighted by Gasteiger charge is 2.22. The van der Waals surface area contributed by atoms with E-state index >= 15 is 0 Å². The predicted molar refractivity (Wildman–Crippen MR) is 98.8 cm³/mol. The average Bonchev–Trinajstić information content (AvgIpc) is 2.92. The molecule has 0 bridgehead atoms. The van der Waals surface area contributed by atoms with Crippen molar-refractivity contribution < 1.29 is 14.6 Å². The number of rotatable bonds is 7. The fraction of sp³-hybridized carbons (Fsp3) is 0.789. The van der Waals surface area contributed by atoms with Crippen molar-refractivity contribution in [1.29, 1.82) is 0 Å². The molecule has 3 heterocycles. The summed E-state index contributed by atoms with van der Waals surface area (Å²) in [5.74, 6) is 0.179. The second kappa shape index (κ2) is 9.48. The van der Waals surface area contributed by atoms with Gasteiger partial charge in [0.25, 0.3) is 0 Å². The minimum absolute atomic E-state index is 0.179. The molecule has 0 aliphatic carbocycles. The third kappa shape index (κ3) is 5.28. The number of aliphatic hydroxyl groups is 1. The van der Waals surface area contributed by atoms with Crippen molar-refractivity contribution in [3.63, 3.8) is 0 Å². The molecule has 0 unspecified atom stereocenters. The van der Waals surface area contributed by atoms with Crippen molar-refractivity contribution in [1.82, 2.24) is 19.6 Å². The van der Waals surface area contributed by atoms with E-state index in [9.17, 15) is 9.90 Å². The van der Waals surface area contributed by atoms with Crippen LogP contribution in [0.25, 0.3) is 0 Å². The fourth-order valence-corrected chi connectivity index (χ4v) is 3.75. The Morgan fingerprint density at radius 2 is 2.12 bits per heavy atom. The predicted octanol–water partition coefficient (Wildman–Crippen LogP) is 1.04. The Bertz CT molecular complexity index is 581. The number of carbonyl (C=O) groups is 1. The zero-order valence-corrected chi connectivity index (χ0v) is 15.9. The number of ether oxygens (including phenoxy) is 1. The summed E-state index contributed by atoms with van der Waals surface area (Å²) in [5.41, 5.74) is 2.25. The van der Waals surface area contributed by atoms with E-state index in [2.05, 4.69) is 15.6 Å². The number of carbonyl (C=O) groups excluding carboxylic acids is 1. The van der Waals surface area contributed by atoms with Crippen LogP contribution in [0, 0.1) is 0 Å². The van der Waals surface area contributed by atoms with Gasteiger partial charge in [0.1, 0.15) is 0 Å². The summed E-state index contributed by atoms with van der Waals surface area (Å²) in [5, 5.41) is 14.3. The number of piperidine rings is 1. The van der Waals surface area contributed by atoms with Crippen LogP contribution in [0.3, 0.4) is 0 Å². The lowest BCUT2D eigenvalue weighted by atomic mass is 10.1. The van der Waals surface area contributed by atoms with Crippen molar-refractivity contribution >= 4 is 5.91 Å². The first-order valence-electron chi connectivity index (χ1n) is 9.97. The van der Waals surface area contributed by atoms with E-state index in [-0.39, 0.29) is 12.0 Å². The zero-order valence-electron chi connectivity index (χ0n) is 15.9. The Morgan fingerprint density at radius 3 is 2.88 bits per heavy atom. The number of nitrogens with zero attached hydrogens (tertiary/aromatic N) is 4. The van der Waals surface area contributed by atoms with Crippen molar-refractivity contribution in [3.05, 3.63) is 17.5 Å². The highest BCUT2D eigenvalue weighted by molar-refractivity contribution is 5.76. The Kier molecular flexibility index (Phi) is 7.05. The van der Waals surface area contributed by atoms with Crippen LogP contribution >= 0.6 is 0 Å². The summed E-state index contributed by atoms with van der Waals surface area (Å²) in [7, 11) is 0. The quantitative estimate of drug-likeness (QED) is 0.732. The lowest BCUT2D eigenvalue weighted by molar-refractivity contribution is -0.133. The van der Waals surface area contributed by atoms with Crippen LogP contribution in [-0.2, 0) is 29.0 Å². The molecular weight excluding hydrogens is 332 g/mol. The van der Waals surface area contributed by atoms with Crippen molar-refractivity contribution in [3.8, 4) is 0 Å². The first-order valence-corrected chi connectivity index (χ1v) is 9.97. The number of aromatic nitrogens is 2. The van der Waals surface area contributed by atoms with Gasteiger partial charge in [-0.3, -0.25) is 14.4 Å².